The Morgan fingerprint density at radius 2 is 1.92 bits per heavy atom. The number of hydrogen-bond donors (Lipinski definition) is 1. The van der Waals surface area contributed by atoms with E-state index in [0.717, 1.165) is 29.0 Å². The fraction of sp³-hybridized carbons (Fsp3) is 0.571. The molecule has 1 atom stereocenters. The Bertz CT molecular complexity index is 856. The van der Waals surface area contributed by atoms with E-state index in [2.05, 4.69) is 57.1 Å². The van der Waals surface area contributed by atoms with Crippen LogP contribution in [0.15, 0.2) is 12.4 Å². The quantitative estimate of drug-likeness (QED) is 0.887. The summed E-state index contributed by atoms with van der Waals surface area (Å²) < 4.78 is 0. The number of fused-ring (bicyclic) bond motifs is 1. The number of amides is 3. The molecule has 5 heteroatoms. The summed E-state index contributed by atoms with van der Waals surface area (Å²) in [6.45, 7) is 11.8. The van der Waals surface area contributed by atoms with Gasteiger partial charge in [-0.25, -0.2) is 4.79 Å². The number of imide groups is 1. The average molecular weight is 355 g/mol. The summed E-state index contributed by atoms with van der Waals surface area (Å²) in [6.07, 6.45) is 10.5. The number of carbonyl (C=O) groups is 2. The number of aromatic nitrogens is 1. The van der Waals surface area contributed by atoms with Gasteiger partial charge in [-0.1, -0.05) is 46.8 Å². The Morgan fingerprint density at radius 1 is 1.19 bits per heavy atom. The van der Waals surface area contributed by atoms with Crippen LogP contribution in [0.2, 0.25) is 0 Å². The van der Waals surface area contributed by atoms with Crippen molar-refractivity contribution in [3.05, 3.63) is 22.8 Å². The number of urea groups is 1. The lowest BCUT2D eigenvalue weighted by Crippen LogP contribution is -2.52. The molecule has 1 N–H and O–H groups in total. The highest BCUT2D eigenvalue weighted by molar-refractivity contribution is 6.05. The molecule has 1 unspecified atom stereocenters. The monoisotopic (exact) mass is 355 g/mol. The number of hydrogen-bond acceptors (Lipinski definition) is 3. The lowest BCUT2D eigenvalue weighted by atomic mass is 9.66. The highest BCUT2D eigenvalue weighted by Crippen LogP contribution is 2.43. The van der Waals surface area contributed by atoms with Crippen LogP contribution in [0.1, 0.15) is 53.9 Å². The molecule has 26 heavy (non-hydrogen) atoms. The first-order chi connectivity index (χ1) is 12.1. The summed E-state index contributed by atoms with van der Waals surface area (Å²) in [5.74, 6) is 0.273. The number of nitrogens with zero attached hydrogens (tertiary/aromatic N) is 2. The van der Waals surface area contributed by atoms with Crippen molar-refractivity contribution in [1.82, 2.24) is 10.3 Å². The highest BCUT2D eigenvalue weighted by atomic mass is 16.2. The van der Waals surface area contributed by atoms with Gasteiger partial charge in [0.2, 0.25) is 5.91 Å². The van der Waals surface area contributed by atoms with Crippen molar-refractivity contribution < 1.29 is 9.59 Å². The van der Waals surface area contributed by atoms with E-state index >= 15 is 0 Å². The molecule has 0 spiro atoms. The van der Waals surface area contributed by atoms with Crippen molar-refractivity contribution >= 4 is 29.8 Å². The van der Waals surface area contributed by atoms with Crippen molar-refractivity contribution in [3.8, 4) is 0 Å². The second-order valence-corrected chi connectivity index (χ2v) is 8.97. The van der Waals surface area contributed by atoms with Crippen molar-refractivity contribution in [2.75, 3.05) is 11.4 Å². The third-order valence-electron chi connectivity index (χ3n) is 5.86. The topological polar surface area (TPSA) is 62.3 Å². The van der Waals surface area contributed by atoms with E-state index in [9.17, 15) is 9.59 Å². The molecule has 0 bridgehead atoms. The van der Waals surface area contributed by atoms with E-state index in [4.69, 9.17) is 0 Å². The zero-order valence-corrected chi connectivity index (χ0v) is 16.4. The van der Waals surface area contributed by atoms with E-state index in [-0.39, 0.29) is 22.8 Å². The summed E-state index contributed by atoms with van der Waals surface area (Å²) >= 11 is 0. The van der Waals surface area contributed by atoms with E-state index < -0.39 is 0 Å². The molecule has 1 aromatic rings. The normalized spacial score (nSPS) is 28.2. The smallest absolute Gasteiger partial charge is 0.291 e. The van der Waals surface area contributed by atoms with Crippen LogP contribution in [0.4, 0.5) is 10.5 Å². The molecule has 1 aliphatic carbocycles. The Morgan fingerprint density at radius 3 is 2.58 bits per heavy atom. The predicted octanol–water partition coefficient (Wildman–Crippen LogP) is 2.57. The molecule has 1 fully saturated rings. The molecule has 1 aliphatic heterocycles. The molecule has 0 saturated carbocycles. The highest BCUT2D eigenvalue weighted by Gasteiger charge is 2.34. The zero-order chi connectivity index (χ0) is 19.1. The van der Waals surface area contributed by atoms with Gasteiger partial charge in [-0.15, -0.1) is 0 Å². The van der Waals surface area contributed by atoms with Crippen LogP contribution >= 0.6 is 0 Å². The van der Waals surface area contributed by atoms with Gasteiger partial charge in [-0.05, 0) is 34.8 Å². The van der Waals surface area contributed by atoms with Gasteiger partial charge >= 0.3 is 6.03 Å². The SMILES string of the molecule is CC(C)C1(C)/C=c2/cncc(N3CCC(=O)NC3=O)/c2=C/CC(C)(C)C1. The van der Waals surface area contributed by atoms with Crippen LogP contribution in [0, 0.1) is 16.7 Å². The fourth-order valence-corrected chi connectivity index (χ4v) is 4.08. The third-order valence-corrected chi connectivity index (χ3v) is 5.86. The van der Waals surface area contributed by atoms with E-state index in [1.807, 2.05) is 6.20 Å². The summed E-state index contributed by atoms with van der Waals surface area (Å²) in [7, 11) is 0. The molecule has 0 aromatic carbocycles. The van der Waals surface area contributed by atoms with Crippen LogP contribution in [0.25, 0.3) is 12.2 Å². The number of nitrogens with one attached hydrogen (secondary N) is 1. The first kappa shape index (κ1) is 18.6. The third kappa shape index (κ3) is 3.53. The Hall–Kier alpha value is -2.17. The second kappa shape index (κ2) is 6.53. The van der Waals surface area contributed by atoms with Crippen LogP contribution in [-0.4, -0.2) is 23.5 Å². The van der Waals surface area contributed by atoms with Crippen molar-refractivity contribution in [2.24, 2.45) is 16.7 Å². The van der Waals surface area contributed by atoms with Crippen LogP contribution in [0.3, 0.4) is 0 Å². The van der Waals surface area contributed by atoms with Crippen LogP contribution in [-0.2, 0) is 4.79 Å². The summed E-state index contributed by atoms with van der Waals surface area (Å²) in [5, 5.41) is 4.52. The van der Waals surface area contributed by atoms with Gasteiger partial charge in [0.1, 0.15) is 0 Å². The minimum Gasteiger partial charge on any atom is -0.291 e. The lowest BCUT2D eigenvalue weighted by Gasteiger charge is -2.39. The van der Waals surface area contributed by atoms with Gasteiger partial charge in [-0.3, -0.25) is 20.0 Å². The summed E-state index contributed by atoms with van der Waals surface area (Å²) in [4.78, 5) is 29.9. The Labute approximate surface area is 155 Å². The molecule has 2 aliphatic rings. The number of pyridine rings is 1. The molecule has 2 heterocycles. The molecular formula is C21H29N3O2. The molecule has 1 aromatic heterocycles. The van der Waals surface area contributed by atoms with Gasteiger partial charge in [0.15, 0.2) is 0 Å². The molecule has 0 radical (unpaired) electrons. The first-order valence-corrected chi connectivity index (χ1v) is 9.40. The van der Waals surface area contributed by atoms with Gasteiger partial charge in [-0.2, -0.15) is 0 Å². The fourth-order valence-electron chi connectivity index (χ4n) is 4.08. The van der Waals surface area contributed by atoms with Crippen molar-refractivity contribution in [1.29, 1.82) is 0 Å². The molecule has 3 rings (SSSR count). The Kier molecular flexibility index (Phi) is 4.67. The van der Waals surface area contributed by atoms with Gasteiger partial charge in [0.05, 0.1) is 11.9 Å². The predicted molar refractivity (Wildman–Crippen MR) is 104 cm³/mol. The standard InChI is InChI=1S/C21H29N3O2/c1-14(2)21(5)10-15-11-22-12-17(16(15)6-8-20(3,4)13-21)24-9-7-18(25)23-19(24)26/h6,10-12,14H,7-9,13H2,1-5H3,(H,23,25,26)/b15-10-,16-6+. The number of rotatable bonds is 2. The first-order valence-electron chi connectivity index (χ1n) is 9.40. The minimum atomic E-state index is -0.363. The summed E-state index contributed by atoms with van der Waals surface area (Å²) in [5.41, 5.74) is 0.994. The maximum atomic E-state index is 12.3. The molecule has 140 valence electrons. The lowest BCUT2D eigenvalue weighted by molar-refractivity contribution is -0.120. The van der Waals surface area contributed by atoms with E-state index in [1.165, 1.54) is 0 Å². The molecule has 5 nitrogen and oxygen atoms in total. The molecule has 3 amide bonds. The second-order valence-electron chi connectivity index (χ2n) is 8.97. The molecular weight excluding hydrogens is 326 g/mol. The summed E-state index contributed by atoms with van der Waals surface area (Å²) in [6, 6.07) is -0.363. The number of carbonyl (C=O) groups excluding carboxylic acids is 2. The average Bonchev–Trinajstić information content (AvgIpc) is 2.52. The van der Waals surface area contributed by atoms with E-state index in [0.29, 0.717) is 18.9 Å². The van der Waals surface area contributed by atoms with Crippen molar-refractivity contribution in [3.63, 3.8) is 0 Å². The van der Waals surface area contributed by atoms with E-state index in [1.54, 1.807) is 11.1 Å². The van der Waals surface area contributed by atoms with Crippen LogP contribution in [0.5, 0.6) is 0 Å². The van der Waals surface area contributed by atoms with Gasteiger partial charge < -0.3 is 0 Å². The number of anilines is 1. The van der Waals surface area contributed by atoms with Crippen molar-refractivity contribution in [2.45, 2.75) is 53.9 Å². The van der Waals surface area contributed by atoms with Gasteiger partial charge in [0, 0.05) is 24.4 Å². The maximum Gasteiger partial charge on any atom is 0.328 e. The van der Waals surface area contributed by atoms with Crippen LogP contribution < -0.4 is 20.7 Å². The van der Waals surface area contributed by atoms with Gasteiger partial charge in [0.25, 0.3) is 0 Å². The largest absolute Gasteiger partial charge is 0.328 e. The Balaban J connectivity index is 2.20. The molecule has 1 saturated heterocycles. The maximum absolute atomic E-state index is 12.3. The minimum absolute atomic E-state index is 0.0485. The zero-order valence-electron chi connectivity index (χ0n) is 16.4.